The minimum Gasteiger partial charge on any atom is -0.462 e. The molecule has 0 amide bonds. The van der Waals surface area contributed by atoms with Crippen LogP contribution in [-0.2, 0) is 28.5 Å². The number of carbonyl (C=O) groups is 2. The first-order chi connectivity index (χ1) is 23.8. The predicted octanol–water partition coefficient (Wildman–Crippen LogP) is 6.77. The molecule has 2 unspecified atom stereocenters. The van der Waals surface area contributed by atoms with E-state index in [4.69, 9.17) is 18.9 Å². The highest BCUT2D eigenvalue weighted by Gasteiger charge is 2.44. The molecule has 10 heteroatoms. The molecule has 10 nitrogen and oxygen atoms in total. The van der Waals surface area contributed by atoms with Gasteiger partial charge in [0.05, 0.1) is 13.2 Å². The minimum atomic E-state index is -1.60. The van der Waals surface area contributed by atoms with Crippen molar-refractivity contribution >= 4 is 11.9 Å². The fourth-order valence-corrected chi connectivity index (χ4v) is 5.49. The molecule has 1 fully saturated rings. The fourth-order valence-electron chi connectivity index (χ4n) is 5.49. The lowest BCUT2D eigenvalue weighted by Gasteiger charge is -2.39. The summed E-state index contributed by atoms with van der Waals surface area (Å²) in [4.78, 5) is 25.1. The first-order valence-electron chi connectivity index (χ1n) is 19.1. The zero-order valence-electron chi connectivity index (χ0n) is 30.4. The third kappa shape index (κ3) is 23.1. The van der Waals surface area contributed by atoms with Gasteiger partial charge in [-0.05, 0) is 44.9 Å². The van der Waals surface area contributed by atoms with Crippen LogP contribution in [-0.4, -0.2) is 89.0 Å². The summed E-state index contributed by atoms with van der Waals surface area (Å²) in [5.41, 5.74) is 0. The summed E-state index contributed by atoms with van der Waals surface area (Å²) >= 11 is 0. The topological polar surface area (TPSA) is 152 Å². The van der Waals surface area contributed by atoms with Crippen LogP contribution in [0.1, 0.15) is 142 Å². The third-order valence-electron chi connectivity index (χ3n) is 8.54. The van der Waals surface area contributed by atoms with Crippen molar-refractivity contribution in [2.75, 3.05) is 19.8 Å². The average Bonchev–Trinajstić information content (AvgIpc) is 3.10. The van der Waals surface area contributed by atoms with Gasteiger partial charge < -0.3 is 39.4 Å². The molecule has 0 aromatic carbocycles. The molecule has 0 aromatic heterocycles. The standard InChI is InChI=1S/C39H68O10/c1-3-5-7-9-11-13-14-15-16-17-18-20-22-24-26-28-35(42)48-32(31-47-39-38(45)37(44)36(43)33(29-40)49-39)30-46-34(41)27-25-23-21-19-12-10-8-6-4-2/h5,7,11,13,15-16,32-33,36-40,43-45H,3-4,6,8-10,12,14,17-31H2,1-2H3/b7-5+,13-11+,16-15+/t32-,33-,36+,37?,38?,39-/m1/s1. The quantitative estimate of drug-likeness (QED) is 0.0360. The monoisotopic (exact) mass is 696 g/mol. The van der Waals surface area contributed by atoms with Gasteiger partial charge in [-0.25, -0.2) is 0 Å². The van der Waals surface area contributed by atoms with E-state index < -0.39 is 49.4 Å². The molecule has 0 aromatic rings. The summed E-state index contributed by atoms with van der Waals surface area (Å²) in [6.07, 6.45) is 24.5. The van der Waals surface area contributed by atoms with E-state index in [1.165, 1.54) is 38.5 Å². The Morgan fingerprint density at radius 1 is 0.653 bits per heavy atom. The van der Waals surface area contributed by atoms with Crippen molar-refractivity contribution in [3.05, 3.63) is 36.5 Å². The van der Waals surface area contributed by atoms with E-state index >= 15 is 0 Å². The highest BCUT2D eigenvalue weighted by atomic mass is 16.7. The van der Waals surface area contributed by atoms with E-state index in [0.29, 0.717) is 6.42 Å². The van der Waals surface area contributed by atoms with Crippen molar-refractivity contribution in [3.8, 4) is 0 Å². The third-order valence-corrected chi connectivity index (χ3v) is 8.54. The van der Waals surface area contributed by atoms with Crippen molar-refractivity contribution in [2.24, 2.45) is 0 Å². The zero-order chi connectivity index (χ0) is 36.0. The van der Waals surface area contributed by atoms with Crippen LogP contribution in [0.15, 0.2) is 36.5 Å². The van der Waals surface area contributed by atoms with Crippen LogP contribution >= 0.6 is 0 Å². The van der Waals surface area contributed by atoms with Crippen LogP contribution in [0.5, 0.6) is 0 Å². The van der Waals surface area contributed by atoms with E-state index in [1.54, 1.807) is 0 Å². The summed E-state index contributed by atoms with van der Waals surface area (Å²) in [5, 5.41) is 39.9. The van der Waals surface area contributed by atoms with Gasteiger partial charge in [0.2, 0.25) is 0 Å². The second kappa shape index (κ2) is 30.7. The van der Waals surface area contributed by atoms with Crippen LogP contribution in [0, 0.1) is 0 Å². The summed E-state index contributed by atoms with van der Waals surface area (Å²) < 4.78 is 22.0. The number of hydrogen-bond acceptors (Lipinski definition) is 10. The molecule has 1 saturated heterocycles. The van der Waals surface area contributed by atoms with Gasteiger partial charge in [-0.15, -0.1) is 0 Å². The van der Waals surface area contributed by atoms with Crippen LogP contribution in [0.3, 0.4) is 0 Å². The maximum absolute atomic E-state index is 12.7. The van der Waals surface area contributed by atoms with E-state index in [0.717, 1.165) is 70.6 Å². The Morgan fingerprint density at radius 3 is 1.82 bits per heavy atom. The fraction of sp³-hybridized carbons (Fsp3) is 0.795. The van der Waals surface area contributed by atoms with Crippen LogP contribution < -0.4 is 0 Å². The number of aliphatic hydroxyl groups excluding tert-OH is 4. The van der Waals surface area contributed by atoms with Crippen molar-refractivity contribution in [2.45, 2.75) is 179 Å². The Labute approximate surface area is 295 Å². The molecule has 1 heterocycles. The lowest BCUT2D eigenvalue weighted by atomic mass is 9.99. The maximum atomic E-state index is 12.7. The first kappa shape index (κ1) is 44.9. The van der Waals surface area contributed by atoms with Gasteiger partial charge in [0, 0.05) is 12.8 Å². The van der Waals surface area contributed by atoms with E-state index in [-0.39, 0.29) is 32.0 Å². The summed E-state index contributed by atoms with van der Waals surface area (Å²) in [5.74, 6) is -0.832. The molecule has 1 aliphatic rings. The van der Waals surface area contributed by atoms with E-state index in [2.05, 4.69) is 50.3 Å². The molecule has 284 valence electrons. The molecule has 0 radical (unpaired) electrons. The maximum Gasteiger partial charge on any atom is 0.306 e. The predicted molar refractivity (Wildman–Crippen MR) is 192 cm³/mol. The van der Waals surface area contributed by atoms with Crippen molar-refractivity contribution in [1.82, 2.24) is 0 Å². The molecule has 0 saturated carbocycles. The van der Waals surface area contributed by atoms with Crippen molar-refractivity contribution in [1.29, 1.82) is 0 Å². The molecule has 0 bridgehead atoms. The largest absolute Gasteiger partial charge is 0.462 e. The van der Waals surface area contributed by atoms with Gasteiger partial charge in [-0.3, -0.25) is 9.59 Å². The van der Waals surface area contributed by atoms with Gasteiger partial charge in [0.25, 0.3) is 0 Å². The Morgan fingerprint density at radius 2 is 1.20 bits per heavy atom. The van der Waals surface area contributed by atoms with Crippen LogP contribution in [0.4, 0.5) is 0 Å². The Balaban J connectivity index is 2.41. The number of ether oxygens (including phenoxy) is 4. The summed E-state index contributed by atoms with van der Waals surface area (Å²) in [6, 6.07) is 0. The SMILES string of the molecule is CC/C=C/C/C=C/C/C=C/CCCCCCCC(=O)O[C@H](COC(=O)CCCCCCCCCCC)CO[C@@H]1O[C@H](CO)[C@H](O)C(O)C1O. The van der Waals surface area contributed by atoms with Crippen molar-refractivity contribution < 1.29 is 49.0 Å². The molecular weight excluding hydrogens is 628 g/mol. The van der Waals surface area contributed by atoms with Gasteiger partial charge in [-0.2, -0.15) is 0 Å². The second-order valence-electron chi connectivity index (χ2n) is 13.0. The van der Waals surface area contributed by atoms with E-state index in [9.17, 15) is 30.0 Å². The number of allylic oxidation sites excluding steroid dienone is 6. The molecule has 0 spiro atoms. The number of rotatable bonds is 30. The summed E-state index contributed by atoms with van der Waals surface area (Å²) in [6.45, 7) is 3.24. The van der Waals surface area contributed by atoms with Gasteiger partial charge >= 0.3 is 11.9 Å². The highest BCUT2D eigenvalue weighted by Crippen LogP contribution is 2.22. The molecule has 6 atom stereocenters. The van der Waals surface area contributed by atoms with Gasteiger partial charge in [-0.1, -0.05) is 121 Å². The number of carbonyl (C=O) groups excluding carboxylic acids is 2. The molecular formula is C39H68O10. The lowest BCUT2D eigenvalue weighted by molar-refractivity contribution is -0.305. The normalized spacial score (nSPS) is 22.0. The number of hydrogen-bond donors (Lipinski definition) is 4. The molecule has 1 aliphatic heterocycles. The lowest BCUT2D eigenvalue weighted by Crippen LogP contribution is -2.59. The van der Waals surface area contributed by atoms with Crippen molar-refractivity contribution in [3.63, 3.8) is 0 Å². The first-order valence-corrected chi connectivity index (χ1v) is 19.1. The Hall–Kier alpha value is -2.08. The zero-order valence-corrected chi connectivity index (χ0v) is 30.4. The van der Waals surface area contributed by atoms with Crippen LogP contribution in [0.25, 0.3) is 0 Å². The van der Waals surface area contributed by atoms with Gasteiger partial charge in [0.15, 0.2) is 12.4 Å². The minimum absolute atomic E-state index is 0.211. The Bertz CT molecular complexity index is 902. The smallest absolute Gasteiger partial charge is 0.306 e. The van der Waals surface area contributed by atoms with Gasteiger partial charge in [0.1, 0.15) is 31.0 Å². The Kier molecular flexibility index (Phi) is 28.2. The molecule has 1 rings (SSSR count). The highest BCUT2D eigenvalue weighted by molar-refractivity contribution is 5.70. The number of unbranched alkanes of at least 4 members (excludes halogenated alkanes) is 13. The molecule has 0 aliphatic carbocycles. The number of aliphatic hydroxyl groups is 4. The second-order valence-corrected chi connectivity index (χ2v) is 13.0. The number of esters is 2. The summed E-state index contributed by atoms with van der Waals surface area (Å²) in [7, 11) is 0. The van der Waals surface area contributed by atoms with E-state index in [1.807, 2.05) is 0 Å². The molecule has 4 N–H and O–H groups in total. The average molecular weight is 697 g/mol. The molecule has 49 heavy (non-hydrogen) atoms. The van der Waals surface area contributed by atoms with Crippen LogP contribution in [0.2, 0.25) is 0 Å².